The number of rotatable bonds is 2. The van der Waals surface area contributed by atoms with Gasteiger partial charge in [0.05, 0.1) is 20.8 Å². The number of methoxy groups -OCH3 is 2. The molecule has 3 atom stereocenters. The summed E-state index contributed by atoms with van der Waals surface area (Å²) in [6, 6.07) is 0. The van der Waals surface area contributed by atoms with Gasteiger partial charge in [-0.2, -0.15) is 0 Å². The highest BCUT2D eigenvalue weighted by molar-refractivity contribution is 9.09. The third-order valence-corrected chi connectivity index (χ3v) is 2.32. The zero-order valence-electron chi connectivity index (χ0n) is 8.27. The van der Waals surface area contributed by atoms with Gasteiger partial charge in [0.15, 0.2) is 12.2 Å². The van der Waals surface area contributed by atoms with E-state index in [1.165, 1.54) is 14.2 Å². The number of carbonyl (C=O) groups is 2. The first kappa shape index (κ1) is 12.4. The Labute approximate surface area is 94.9 Å². The molecule has 0 aromatic rings. The van der Waals surface area contributed by atoms with Crippen molar-refractivity contribution in [2.75, 3.05) is 20.8 Å². The number of alkyl halides is 1. The van der Waals surface area contributed by atoms with Crippen LogP contribution in [0.5, 0.6) is 0 Å². The molecule has 0 amide bonds. The van der Waals surface area contributed by atoms with E-state index in [9.17, 15) is 9.59 Å². The minimum Gasteiger partial charge on any atom is -0.467 e. The van der Waals surface area contributed by atoms with Crippen molar-refractivity contribution in [1.29, 1.82) is 0 Å². The van der Waals surface area contributed by atoms with Crippen LogP contribution in [0.25, 0.3) is 0 Å². The summed E-state index contributed by atoms with van der Waals surface area (Å²) in [5.74, 6) is -1.33. The van der Waals surface area contributed by atoms with Crippen molar-refractivity contribution in [2.24, 2.45) is 0 Å². The fourth-order valence-corrected chi connectivity index (χ4v) is 1.52. The average Bonchev–Trinajstić information content (AvgIpc) is 2.26. The molecule has 0 radical (unpaired) electrons. The second-order valence-electron chi connectivity index (χ2n) is 2.77. The molecular formula is C8H11BrO6. The summed E-state index contributed by atoms with van der Waals surface area (Å²) in [5, 5.41) is -0.442. The number of halogens is 1. The lowest BCUT2D eigenvalue weighted by Crippen LogP contribution is -2.50. The summed E-state index contributed by atoms with van der Waals surface area (Å²) in [5.41, 5.74) is 0. The number of esters is 2. The van der Waals surface area contributed by atoms with Crippen molar-refractivity contribution in [3.63, 3.8) is 0 Å². The maximum Gasteiger partial charge on any atom is 0.338 e. The quantitative estimate of drug-likeness (QED) is 0.518. The lowest BCUT2D eigenvalue weighted by molar-refractivity contribution is -0.200. The molecule has 6 nitrogen and oxygen atoms in total. The Morgan fingerprint density at radius 3 is 2.27 bits per heavy atom. The molecule has 1 rings (SSSR count). The minimum absolute atomic E-state index is 0.160. The number of carbonyl (C=O) groups excluding carboxylic acids is 2. The van der Waals surface area contributed by atoms with Gasteiger partial charge in [0.2, 0.25) is 0 Å². The Kier molecular flexibility index (Phi) is 4.49. The summed E-state index contributed by atoms with van der Waals surface area (Å²) in [6.45, 7) is 0.160. The SMILES string of the molecule is COC(=O)[C@@H]1OC[C@H](Br)O[C@H]1C(=O)OC. The molecular weight excluding hydrogens is 272 g/mol. The first-order valence-electron chi connectivity index (χ1n) is 4.17. The fraction of sp³-hybridized carbons (Fsp3) is 0.750. The van der Waals surface area contributed by atoms with Crippen LogP contribution in [0, 0.1) is 0 Å². The lowest BCUT2D eigenvalue weighted by atomic mass is 10.2. The third kappa shape index (κ3) is 2.90. The van der Waals surface area contributed by atoms with Gasteiger partial charge < -0.3 is 18.9 Å². The Morgan fingerprint density at radius 2 is 1.73 bits per heavy atom. The van der Waals surface area contributed by atoms with E-state index in [4.69, 9.17) is 9.47 Å². The standard InChI is InChI=1S/C8H11BrO6/c1-12-7(10)5-6(8(11)13-2)15-4(9)3-14-5/h4-6H,3H2,1-2H3/t4-,5-,6-/m1/s1. The molecule has 1 fully saturated rings. The van der Waals surface area contributed by atoms with Gasteiger partial charge in [0, 0.05) is 0 Å². The van der Waals surface area contributed by atoms with Crippen LogP contribution in [-0.4, -0.2) is 50.0 Å². The Balaban J connectivity index is 2.74. The molecule has 0 bridgehead atoms. The summed E-state index contributed by atoms with van der Waals surface area (Å²) in [7, 11) is 2.41. The molecule has 1 aliphatic heterocycles. The van der Waals surface area contributed by atoms with Crippen LogP contribution < -0.4 is 0 Å². The molecule has 0 spiro atoms. The van der Waals surface area contributed by atoms with Gasteiger partial charge in [-0.15, -0.1) is 0 Å². The maximum absolute atomic E-state index is 11.3. The normalized spacial score (nSPS) is 30.7. The topological polar surface area (TPSA) is 71.1 Å². The van der Waals surface area contributed by atoms with Crippen LogP contribution in [0.1, 0.15) is 0 Å². The van der Waals surface area contributed by atoms with Gasteiger partial charge in [0.1, 0.15) is 5.01 Å². The number of hydrogen-bond donors (Lipinski definition) is 0. The molecule has 86 valence electrons. The summed E-state index contributed by atoms with van der Waals surface area (Å²) in [6.07, 6.45) is -2.17. The van der Waals surface area contributed by atoms with Gasteiger partial charge in [0.25, 0.3) is 0 Å². The molecule has 1 saturated heterocycles. The van der Waals surface area contributed by atoms with E-state index in [1.54, 1.807) is 0 Å². The summed E-state index contributed by atoms with van der Waals surface area (Å²) in [4.78, 5) is 22.5. The maximum atomic E-state index is 11.3. The molecule has 0 aromatic carbocycles. The van der Waals surface area contributed by atoms with E-state index < -0.39 is 29.2 Å². The number of hydrogen-bond acceptors (Lipinski definition) is 6. The van der Waals surface area contributed by atoms with Crippen LogP contribution in [0.3, 0.4) is 0 Å². The highest BCUT2D eigenvalue weighted by atomic mass is 79.9. The molecule has 0 aliphatic carbocycles. The van der Waals surface area contributed by atoms with E-state index in [-0.39, 0.29) is 6.61 Å². The first-order chi connectivity index (χ1) is 7.10. The van der Waals surface area contributed by atoms with Crippen LogP contribution in [0.2, 0.25) is 0 Å². The van der Waals surface area contributed by atoms with Crippen molar-refractivity contribution in [3.8, 4) is 0 Å². The van der Waals surface area contributed by atoms with Crippen molar-refractivity contribution in [2.45, 2.75) is 17.2 Å². The van der Waals surface area contributed by atoms with E-state index in [0.29, 0.717) is 0 Å². The summed E-state index contributed by atoms with van der Waals surface area (Å²) >= 11 is 3.12. The Bertz CT molecular complexity index is 256. The predicted octanol–water partition coefficient (Wildman–Crippen LogP) is -0.163. The van der Waals surface area contributed by atoms with Gasteiger partial charge in [-0.25, -0.2) is 9.59 Å². The molecule has 15 heavy (non-hydrogen) atoms. The average molecular weight is 283 g/mol. The van der Waals surface area contributed by atoms with Gasteiger partial charge >= 0.3 is 11.9 Å². The molecule has 7 heteroatoms. The Hall–Kier alpha value is -0.660. The summed E-state index contributed by atoms with van der Waals surface area (Å²) < 4.78 is 19.3. The van der Waals surface area contributed by atoms with E-state index in [2.05, 4.69) is 25.4 Å². The molecule has 1 heterocycles. The van der Waals surface area contributed by atoms with Crippen LogP contribution >= 0.6 is 15.9 Å². The molecule has 1 aliphatic rings. The smallest absolute Gasteiger partial charge is 0.338 e. The van der Waals surface area contributed by atoms with Gasteiger partial charge in [-0.3, -0.25) is 0 Å². The first-order valence-corrected chi connectivity index (χ1v) is 5.08. The zero-order valence-corrected chi connectivity index (χ0v) is 9.85. The lowest BCUT2D eigenvalue weighted by Gasteiger charge is -2.30. The highest BCUT2D eigenvalue weighted by Crippen LogP contribution is 2.20. The molecule has 0 saturated carbocycles. The highest BCUT2D eigenvalue weighted by Gasteiger charge is 2.42. The molecule has 0 N–H and O–H groups in total. The third-order valence-electron chi connectivity index (χ3n) is 1.84. The Morgan fingerprint density at radius 1 is 1.20 bits per heavy atom. The van der Waals surface area contributed by atoms with E-state index in [1.807, 2.05) is 0 Å². The van der Waals surface area contributed by atoms with Gasteiger partial charge in [-0.1, -0.05) is 15.9 Å². The van der Waals surface area contributed by atoms with E-state index in [0.717, 1.165) is 0 Å². The predicted molar refractivity (Wildman–Crippen MR) is 51.4 cm³/mol. The zero-order chi connectivity index (χ0) is 11.4. The second kappa shape index (κ2) is 5.43. The van der Waals surface area contributed by atoms with Crippen molar-refractivity contribution in [1.82, 2.24) is 0 Å². The second-order valence-corrected chi connectivity index (χ2v) is 3.79. The molecule has 0 aromatic heterocycles. The van der Waals surface area contributed by atoms with Crippen LogP contribution in [0.4, 0.5) is 0 Å². The van der Waals surface area contributed by atoms with Crippen molar-refractivity contribution < 1.29 is 28.5 Å². The minimum atomic E-state index is -1.10. The van der Waals surface area contributed by atoms with Gasteiger partial charge in [-0.05, 0) is 0 Å². The number of ether oxygens (including phenoxy) is 4. The fourth-order valence-electron chi connectivity index (χ4n) is 1.14. The molecule has 0 unspecified atom stereocenters. The van der Waals surface area contributed by atoms with E-state index >= 15 is 0 Å². The van der Waals surface area contributed by atoms with Crippen molar-refractivity contribution >= 4 is 27.9 Å². The van der Waals surface area contributed by atoms with Crippen molar-refractivity contribution in [3.05, 3.63) is 0 Å². The van der Waals surface area contributed by atoms with Crippen LogP contribution in [0.15, 0.2) is 0 Å². The largest absolute Gasteiger partial charge is 0.467 e. The monoisotopic (exact) mass is 282 g/mol. The van der Waals surface area contributed by atoms with Crippen LogP contribution in [-0.2, 0) is 28.5 Å².